The van der Waals surface area contributed by atoms with E-state index in [1.807, 2.05) is 0 Å². The van der Waals surface area contributed by atoms with Crippen LogP contribution in [0.5, 0.6) is 0 Å². The average Bonchev–Trinajstić information content (AvgIpc) is 2.33. The number of thioether (sulfide) groups is 1. The molecule has 13 heavy (non-hydrogen) atoms. The van der Waals surface area contributed by atoms with Crippen LogP contribution in [0.1, 0.15) is 39.0 Å². The van der Waals surface area contributed by atoms with Gasteiger partial charge in [0.2, 0.25) is 0 Å². The second kappa shape index (κ2) is 6.72. The van der Waals surface area contributed by atoms with E-state index in [9.17, 15) is 0 Å². The molecular formula is C11H23NS. The number of rotatable bonds is 4. The van der Waals surface area contributed by atoms with Gasteiger partial charge in [0, 0.05) is 11.8 Å². The molecule has 0 radical (unpaired) electrons. The molecule has 0 aromatic heterocycles. The van der Waals surface area contributed by atoms with Crippen molar-refractivity contribution in [3.63, 3.8) is 0 Å². The summed E-state index contributed by atoms with van der Waals surface area (Å²) < 4.78 is 0. The molecule has 0 aromatic rings. The third-order valence-corrected chi connectivity index (χ3v) is 4.03. The normalized spacial score (nSPS) is 24.7. The monoisotopic (exact) mass is 201 g/mol. The van der Waals surface area contributed by atoms with Gasteiger partial charge in [0.25, 0.3) is 0 Å². The quantitative estimate of drug-likeness (QED) is 0.688. The Bertz CT molecular complexity index is 119. The van der Waals surface area contributed by atoms with E-state index < -0.39 is 0 Å². The van der Waals surface area contributed by atoms with E-state index in [1.165, 1.54) is 50.9 Å². The molecule has 0 N–H and O–H groups in total. The first-order chi connectivity index (χ1) is 6.33. The molecule has 0 bridgehead atoms. The van der Waals surface area contributed by atoms with Crippen LogP contribution < -0.4 is 0 Å². The number of hydrogen-bond donors (Lipinski definition) is 0. The molecule has 0 aromatic carbocycles. The summed E-state index contributed by atoms with van der Waals surface area (Å²) in [5, 5.41) is 0.916. The lowest BCUT2D eigenvalue weighted by Crippen LogP contribution is -2.27. The molecule has 0 aliphatic carbocycles. The minimum Gasteiger partial charge on any atom is -0.305 e. The van der Waals surface area contributed by atoms with Crippen LogP contribution in [-0.4, -0.2) is 36.0 Å². The van der Waals surface area contributed by atoms with E-state index in [-0.39, 0.29) is 0 Å². The van der Waals surface area contributed by atoms with Crippen molar-refractivity contribution in [3.8, 4) is 0 Å². The lowest BCUT2D eigenvalue weighted by molar-refractivity contribution is 0.330. The van der Waals surface area contributed by atoms with Gasteiger partial charge < -0.3 is 4.90 Å². The highest BCUT2D eigenvalue weighted by Crippen LogP contribution is 2.24. The van der Waals surface area contributed by atoms with E-state index in [1.54, 1.807) is 0 Å². The largest absolute Gasteiger partial charge is 0.305 e. The van der Waals surface area contributed by atoms with Crippen molar-refractivity contribution >= 4 is 11.8 Å². The lowest BCUT2D eigenvalue weighted by Gasteiger charge is -2.21. The second-order valence-corrected chi connectivity index (χ2v) is 5.51. The minimum atomic E-state index is 0.916. The molecule has 1 unspecified atom stereocenters. The van der Waals surface area contributed by atoms with Crippen LogP contribution in [0.25, 0.3) is 0 Å². The highest BCUT2D eigenvalue weighted by molar-refractivity contribution is 7.99. The van der Waals surface area contributed by atoms with Gasteiger partial charge in [-0.3, -0.25) is 0 Å². The van der Waals surface area contributed by atoms with Crippen LogP contribution in [0, 0.1) is 0 Å². The average molecular weight is 201 g/mol. The van der Waals surface area contributed by atoms with Crippen LogP contribution in [0.15, 0.2) is 0 Å². The van der Waals surface area contributed by atoms with Crippen molar-refractivity contribution in [1.29, 1.82) is 0 Å². The maximum Gasteiger partial charge on any atom is 0.0174 e. The van der Waals surface area contributed by atoms with E-state index in [0.717, 1.165) is 5.25 Å². The van der Waals surface area contributed by atoms with Gasteiger partial charge in [-0.2, -0.15) is 11.8 Å². The number of nitrogens with zero attached hydrogens (tertiary/aromatic N) is 1. The SMILES string of the molecule is CCCN(C)CC1CCCCCS1. The van der Waals surface area contributed by atoms with Gasteiger partial charge in [-0.15, -0.1) is 0 Å². The molecule has 0 spiro atoms. The fourth-order valence-corrected chi connectivity index (χ4v) is 3.35. The van der Waals surface area contributed by atoms with Gasteiger partial charge in [0.1, 0.15) is 0 Å². The Hall–Kier alpha value is 0.310. The fourth-order valence-electron chi connectivity index (χ4n) is 1.95. The predicted molar refractivity (Wildman–Crippen MR) is 62.5 cm³/mol. The summed E-state index contributed by atoms with van der Waals surface area (Å²) in [6.45, 7) is 4.83. The Balaban J connectivity index is 2.17. The highest BCUT2D eigenvalue weighted by atomic mass is 32.2. The maximum absolute atomic E-state index is 2.49. The van der Waals surface area contributed by atoms with Gasteiger partial charge in [-0.05, 0) is 38.6 Å². The standard InChI is InChI=1S/C11H23NS/c1-3-8-12(2)10-11-7-5-4-6-9-13-11/h11H,3-10H2,1-2H3. The molecule has 1 heterocycles. The van der Waals surface area contributed by atoms with Crippen LogP contribution in [0.4, 0.5) is 0 Å². The van der Waals surface area contributed by atoms with E-state index >= 15 is 0 Å². The zero-order valence-corrected chi connectivity index (χ0v) is 9.91. The Kier molecular flexibility index (Phi) is 5.88. The van der Waals surface area contributed by atoms with Crippen molar-refractivity contribution in [3.05, 3.63) is 0 Å². The molecular weight excluding hydrogens is 178 g/mol. The van der Waals surface area contributed by atoms with Crippen LogP contribution >= 0.6 is 11.8 Å². The van der Waals surface area contributed by atoms with E-state index in [4.69, 9.17) is 0 Å². The van der Waals surface area contributed by atoms with E-state index in [0.29, 0.717) is 0 Å². The van der Waals surface area contributed by atoms with Gasteiger partial charge in [0.15, 0.2) is 0 Å². The Morgan fingerprint density at radius 3 is 2.92 bits per heavy atom. The third kappa shape index (κ3) is 4.92. The molecule has 1 aliphatic heterocycles. The summed E-state index contributed by atoms with van der Waals surface area (Å²) in [4.78, 5) is 2.49. The molecule has 1 fully saturated rings. The van der Waals surface area contributed by atoms with Crippen molar-refractivity contribution in [1.82, 2.24) is 4.90 Å². The first kappa shape index (κ1) is 11.4. The second-order valence-electron chi connectivity index (χ2n) is 4.10. The van der Waals surface area contributed by atoms with Crippen LogP contribution in [-0.2, 0) is 0 Å². The van der Waals surface area contributed by atoms with Crippen LogP contribution in [0.2, 0.25) is 0 Å². The molecule has 1 atom stereocenters. The predicted octanol–water partition coefficient (Wildman–Crippen LogP) is 3.00. The molecule has 0 saturated carbocycles. The smallest absolute Gasteiger partial charge is 0.0174 e. The molecule has 78 valence electrons. The molecule has 1 saturated heterocycles. The van der Waals surface area contributed by atoms with Crippen molar-refractivity contribution < 1.29 is 0 Å². The summed E-state index contributed by atoms with van der Waals surface area (Å²) in [5.41, 5.74) is 0. The van der Waals surface area contributed by atoms with Crippen LogP contribution in [0.3, 0.4) is 0 Å². The summed E-state index contributed by atoms with van der Waals surface area (Å²) in [7, 11) is 2.26. The third-order valence-electron chi connectivity index (χ3n) is 2.64. The summed E-state index contributed by atoms with van der Waals surface area (Å²) in [6.07, 6.45) is 7.09. The molecule has 0 amide bonds. The molecule has 1 rings (SSSR count). The summed E-state index contributed by atoms with van der Waals surface area (Å²) >= 11 is 2.20. The Morgan fingerprint density at radius 2 is 2.15 bits per heavy atom. The first-order valence-electron chi connectivity index (χ1n) is 5.63. The molecule has 1 nitrogen and oxygen atoms in total. The lowest BCUT2D eigenvalue weighted by atomic mass is 10.1. The Morgan fingerprint density at radius 1 is 1.31 bits per heavy atom. The molecule has 1 aliphatic rings. The zero-order chi connectivity index (χ0) is 9.52. The van der Waals surface area contributed by atoms with Gasteiger partial charge in [0.05, 0.1) is 0 Å². The zero-order valence-electron chi connectivity index (χ0n) is 9.09. The van der Waals surface area contributed by atoms with Crippen molar-refractivity contribution in [2.75, 3.05) is 25.9 Å². The van der Waals surface area contributed by atoms with Crippen molar-refractivity contribution in [2.24, 2.45) is 0 Å². The Labute approximate surface area is 87.3 Å². The fraction of sp³-hybridized carbons (Fsp3) is 1.00. The van der Waals surface area contributed by atoms with Gasteiger partial charge in [-0.1, -0.05) is 19.8 Å². The summed E-state index contributed by atoms with van der Waals surface area (Å²) in [5.74, 6) is 1.39. The van der Waals surface area contributed by atoms with Gasteiger partial charge >= 0.3 is 0 Å². The topological polar surface area (TPSA) is 3.24 Å². The molecule has 2 heteroatoms. The maximum atomic E-state index is 2.49. The minimum absolute atomic E-state index is 0.916. The van der Waals surface area contributed by atoms with E-state index in [2.05, 4.69) is 30.6 Å². The van der Waals surface area contributed by atoms with Crippen molar-refractivity contribution in [2.45, 2.75) is 44.3 Å². The summed E-state index contributed by atoms with van der Waals surface area (Å²) in [6, 6.07) is 0. The number of hydrogen-bond acceptors (Lipinski definition) is 2. The van der Waals surface area contributed by atoms with Gasteiger partial charge in [-0.25, -0.2) is 0 Å². The first-order valence-corrected chi connectivity index (χ1v) is 6.68. The highest BCUT2D eigenvalue weighted by Gasteiger charge is 2.13.